The molecule has 1 aromatic carbocycles. The Labute approximate surface area is 105 Å². The van der Waals surface area contributed by atoms with Crippen molar-refractivity contribution in [1.82, 2.24) is 15.1 Å². The van der Waals surface area contributed by atoms with Crippen LogP contribution in [0.1, 0.15) is 10.5 Å². The molecular weight excluding hydrogens is 228 g/mol. The first-order chi connectivity index (χ1) is 8.72. The molecule has 5 heteroatoms. The van der Waals surface area contributed by atoms with Crippen molar-refractivity contribution < 1.29 is 4.79 Å². The van der Waals surface area contributed by atoms with Crippen LogP contribution in [0.2, 0.25) is 0 Å². The van der Waals surface area contributed by atoms with Gasteiger partial charge in [-0.2, -0.15) is 5.10 Å². The lowest BCUT2D eigenvalue weighted by Gasteiger charge is -2.04. The first-order valence-electron chi connectivity index (χ1n) is 5.52. The summed E-state index contributed by atoms with van der Waals surface area (Å²) in [6.45, 7) is 3.95. The van der Waals surface area contributed by atoms with Gasteiger partial charge in [-0.3, -0.25) is 4.79 Å². The molecule has 0 aliphatic carbocycles. The molecule has 0 aliphatic rings. The van der Waals surface area contributed by atoms with Gasteiger partial charge >= 0.3 is 0 Å². The van der Waals surface area contributed by atoms with Crippen molar-refractivity contribution in [2.75, 3.05) is 12.3 Å². The van der Waals surface area contributed by atoms with Crippen molar-refractivity contribution in [2.24, 2.45) is 0 Å². The highest BCUT2D eigenvalue weighted by atomic mass is 16.1. The van der Waals surface area contributed by atoms with E-state index in [4.69, 9.17) is 5.73 Å². The van der Waals surface area contributed by atoms with Crippen LogP contribution in [0, 0.1) is 0 Å². The number of anilines is 1. The zero-order chi connectivity index (χ0) is 13.0. The average molecular weight is 242 g/mol. The Morgan fingerprint density at radius 1 is 1.44 bits per heavy atom. The Bertz CT molecular complexity index is 574. The number of carbonyl (C=O) groups excluding carboxylic acids is 1. The van der Waals surface area contributed by atoms with Crippen LogP contribution in [0.4, 0.5) is 5.69 Å². The summed E-state index contributed by atoms with van der Waals surface area (Å²) >= 11 is 0. The fourth-order valence-corrected chi connectivity index (χ4v) is 1.53. The number of nitrogens with two attached hydrogens (primary N) is 1. The van der Waals surface area contributed by atoms with Crippen LogP contribution in [0.5, 0.6) is 0 Å². The van der Waals surface area contributed by atoms with Gasteiger partial charge < -0.3 is 11.1 Å². The fraction of sp³-hybridized carbons (Fsp3) is 0.0769. The Hall–Kier alpha value is -2.56. The van der Waals surface area contributed by atoms with Gasteiger partial charge in [0, 0.05) is 12.7 Å². The standard InChI is InChI=1S/C13H14N4O/c1-2-8-15-13(18)11-7-9-17(16-11)12-6-4-3-5-10(12)14/h2-7,9H,1,8,14H2,(H,15,18). The van der Waals surface area contributed by atoms with Crippen LogP contribution in [-0.4, -0.2) is 22.2 Å². The molecule has 1 heterocycles. The summed E-state index contributed by atoms with van der Waals surface area (Å²) in [5, 5.41) is 6.85. The summed E-state index contributed by atoms with van der Waals surface area (Å²) in [6, 6.07) is 8.98. The van der Waals surface area contributed by atoms with Gasteiger partial charge in [-0.1, -0.05) is 18.2 Å². The van der Waals surface area contributed by atoms with Gasteiger partial charge in [0.2, 0.25) is 0 Å². The molecule has 0 fully saturated rings. The lowest BCUT2D eigenvalue weighted by molar-refractivity contribution is 0.0952. The van der Waals surface area contributed by atoms with E-state index in [0.717, 1.165) is 5.69 Å². The first-order valence-corrected chi connectivity index (χ1v) is 5.52. The predicted molar refractivity (Wildman–Crippen MR) is 70.5 cm³/mol. The van der Waals surface area contributed by atoms with Gasteiger partial charge in [0.05, 0.1) is 11.4 Å². The number of hydrogen-bond acceptors (Lipinski definition) is 3. The largest absolute Gasteiger partial charge is 0.397 e. The number of amides is 1. The summed E-state index contributed by atoms with van der Waals surface area (Å²) in [7, 11) is 0. The maximum Gasteiger partial charge on any atom is 0.272 e. The number of rotatable bonds is 4. The van der Waals surface area contributed by atoms with Crippen LogP contribution in [0.15, 0.2) is 49.2 Å². The number of carbonyl (C=O) groups is 1. The molecule has 2 aromatic rings. The number of aromatic nitrogens is 2. The molecule has 18 heavy (non-hydrogen) atoms. The first kappa shape index (κ1) is 11.9. The van der Waals surface area contributed by atoms with Crippen molar-refractivity contribution >= 4 is 11.6 Å². The molecule has 0 atom stereocenters. The minimum absolute atomic E-state index is 0.233. The summed E-state index contributed by atoms with van der Waals surface area (Å²) in [6.07, 6.45) is 3.32. The van der Waals surface area contributed by atoms with E-state index < -0.39 is 0 Å². The van der Waals surface area contributed by atoms with E-state index >= 15 is 0 Å². The van der Waals surface area contributed by atoms with Gasteiger partial charge in [-0.05, 0) is 18.2 Å². The quantitative estimate of drug-likeness (QED) is 0.628. The van der Waals surface area contributed by atoms with Crippen molar-refractivity contribution in [1.29, 1.82) is 0 Å². The summed E-state index contributed by atoms with van der Waals surface area (Å²) in [5.74, 6) is -0.233. The Balaban J connectivity index is 2.23. The molecule has 0 radical (unpaired) electrons. The highest BCUT2D eigenvalue weighted by Gasteiger charge is 2.09. The Morgan fingerprint density at radius 3 is 2.94 bits per heavy atom. The zero-order valence-electron chi connectivity index (χ0n) is 9.84. The number of nitrogens with zero attached hydrogens (tertiary/aromatic N) is 2. The second-order valence-electron chi connectivity index (χ2n) is 3.70. The molecule has 5 nitrogen and oxygen atoms in total. The summed E-state index contributed by atoms with van der Waals surface area (Å²) < 4.78 is 1.58. The highest BCUT2D eigenvalue weighted by molar-refractivity contribution is 5.92. The average Bonchev–Trinajstić information content (AvgIpc) is 2.86. The summed E-state index contributed by atoms with van der Waals surface area (Å²) in [5.41, 5.74) is 7.55. The number of nitrogen functional groups attached to an aromatic ring is 1. The van der Waals surface area contributed by atoms with E-state index in [-0.39, 0.29) is 5.91 Å². The smallest absolute Gasteiger partial charge is 0.272 e. The third-order valence-corrected chi connectivity index (χ3v) is 2.41. The van der Waals surface area contributed by atoms with E-state index in [1.54, 1.807) is 29.1 Å². The van der Waals surface area contributed by atoms with Crippen molar-refractivity contribution in [3.8, 4) is 5.69 Å². The molecule has 0 spiro atoms. The molecule has 0 aliphatic heterocycles. The van der Waals surface area contributed by atoms with Gasteiger partial charge in [-0.25, -0.2) is 4.68 Å². The number of para-hydroxylation sites is 2. The normalized spacial score (nSPS) is 10.0. The Kier molecular flexibility index (Phi) is 3.43. The predicted octanol–water partition coefficient (Wildman–Crippen LogP) is 1.37. The molecule has 0 saturated carbocycles. The minimum atomic E-state index is -0.233. The molecule has 0 unspecified atom stereocenters. The van der Waals surface area contributed by atoms with Crippen LogP contribution < -0.4 is 11.1 Å². The van der Waals surface area contributed by atoms with E-state index in [0.29, 0.717) is 17.9 Å². The van der Waals surface area contributed by atoms with Gasteiger partial charge in [0.1, 0.15) is 0 Å². The van der Waals surface area contributed by atoms with Crippen molar-refractivity contribution in [3.05, 3.63) is 54.9 Å². The molecule has 0 bridgehead atoms. The number of nitrogens with one attached hydrogen (secondary N) is 1. The summed E-state index contributed by atoms with van der Waals surface area (Å²) in [4.78, 5) is 11.7. The van der Waals surface area contributed by atoms with Gasteiger partial charge in [0.15, 0.2) is 5.69 Å². The van der Waals surface area contributed by atoms with Crippen molar-refractivity contribution in [2.45, 2.75) is 0 Å². The third kappa shape index (κ3) is 2.40. The highest BCUT2D eigenvalue weighted by Crippen LogP contribution is 2.15. The second-order valence-corrected chi connectivity index (χ2v) is 3.70. The lowest BCUT2D eigenvalue weighted by atomic mass is 10.3. The topological polar surface area (TPSA) is 72.9 Å². The third-order valence-electron chi connectivity index (χ3n) is 2.41. The van der Waals surface area contributed by atoms with Crippen LogP contribution in [0.25, 0.3) is 5.69 Å². The van der Waals surface area contributed by atoms with Crippen LogP contribution in [-0.2, 0) is 0 Å². The van der Waals surface area contributed by atoms with E-state index in [1.165, 1.54) is 0 Å². The fourth-order valence-electron chi connectivity index (χ4n) is 1.53. The SMILES string of the molecule is C=CCNC(=O)c1ccn(-c2ccccc2N)n1. The maximum atomic E-state index is 11.7. The van der Waals surface area contributed by atoms with E-state index in [2.05, 4.69) is 17.0 Å². The van der Waals surface area contributed by atoms with E-state index in [1.807, 2.05) is 18.2 Å². The lowest BCUT2D eigenvalue weighted by Crippen LogP contribution is -2.23. The molecular formula is C13H14N4O. The number of benzene rings is 1. The van der Waals surface area contributed by atoms with Gasteiger partial charge in [0.25, 0.3) is 5.91 Å². The van der Waals surface area contributed by atoms with Gasteiger partial charge in [-0.15, -0.1) is 6.58 Å². The number of hydrogen-bond donors (Lipinski definition) is 2. The van der Waals surface area contributed by atoms with E-state index in [9.17, 15) is 4.79 Å². The minimum Gasteiger partial charge on any atom is -0.397 e. The van der Waals surface area contributed by atoms with Crippen LogP contribution >= 0.6 is 0 Å². The Morgan fingerprint density at radius 2 is 2.22 bits per heavy atom. The molecule has 3 N–H and O–H groups in total. The molecule has 92 valence electrons. The molecule has 1 amide bonds. The second kappa shape index (κ2) is 5.18. The monoisotopic (exact) mass is 242 g/mol. The van der Waals surface area contributed by atoms with Crippen LogP contribution in [0.3, 0.4) is 0 Å². The maximum absolute atomic E-state index is 11.7. The molecule has 1 aromatic heterocycles. The zero-order valence-corrected chi connectivity index (χ0v) is 9.84. The van der Waals surface area contributed by atoms with Crippen molar-refractivity contribution in [3.63, 3.8) is 0 Å². The molecule has 0 saturated heterocycles. The molecule has 2 rings (SSSR count).